The van der Waals surface area contributed by atoms with Crippen molar-refractivity contribution in [2.45, 2.75) is 17.4 Å². The van der Waals surface area contributed by atoms with Crippen LogP contribution >= 0.6 is 0 Å². The van der Waals surface area contributed by atoms with Gasteiger partial charge in [-0.25, -0.2) is 18.4 Å². The van der Waals surface area contributed by atoms with Gasteiger partial charge >= 0.3 is 0 Å². The molecule has 4 aromatic rings. The van der Waals surface area contributed by atoms with Crippen molar-refractivity contribution < 1.29 is 27.8 Å². The number of benzene rings is 3. The Morgan fingerprint density at radius 3 is 2.18 bits per heavy atom. The third-order valence-electron chi connectivity index (χ3n) is 5.61. The molecule has 0 saturated carbocycles. The number of hydrogen-bond acceptors (Lipinski definition) is 10. The lowest BCUT2D eigenvalue weighted by Gasteiger charge is -2.15. The normalized spacial score (nSPS) is 12.1. The summed E-state index contributed by atoms with van der Waals surface area (Å²) in [6.45, 7) is -0.492. The monoisotopic (exact) mass is 537 g/mol. The van der Waals surface area contributed by atoms with Crippen LogP contribution in [0.3, 0.4) is 0 Å². The number of aromatic nitrogens is 2. The van der Waals surface area contributed by atoms with E-state index in [2.05, 4.69) is 20.0 Å². The molecule has 12 heteroatoms. The van der Waals surface area contributed by atoms with Crippen LogP contribution in [0.25, 0.3) is 11.0 Å². The Bertz CT molecular complexity index is 1560. The van der Waals surface area contributed by atoms with Crippen LogP contribution in [0, 0.1) is 0 Å². The zero-order chi connectivity index (χ0) is 27.3. The number of nitrogens with two attached hydrogens (primary N) is 1. The van der Waals surface area contributed by atoms with E-state index in [4.69, 9.17) is 20.3 Å². The van der Waals surface area contributed by atoms with Crippen molar-refractivity contribution in [2.75, 3.05) is 30.9 Å². The third-order valence-corrected chi connectivity index (χ3v) is 6.95. The number of ketones is 1. The Hall–Kier alpha value is -4.26. The Morgan fingerprint density at radius 1 is 0.947 bits per heavy atom. The van der Waals surface area contributed by atoms with Crippen molar-refractivity contribution in [1.82, 2.24) is 9.97 Å². The molecule has 11 nitrogen and oxygen atoms in total. The molecule has 38 heavy (non-hydrogen) atoms. The summed E-state index contributed by atoms with van der Waals surface area (Å²) in [6.07, 6.45) is -0.120. The van der Waals surface area contributed by atoms with E-state index in [1.165, 1.54) is 32.4 Å². The molecule has 0 saturated heterocycles. The fourth-order valence-electron chi connectivity index (χ4n) is 3.62. The van der Waals surface area contributed by atoms with Crippen molar-refractivity contribution in [3.8, 4) is 11.5 Å². The van der Waals surface area contributed by atoms with E-state index < -0.39 is 28.5 Å². The summed E-state index contributed by atoms with van der Waals surface area (Å²) in [5, 5.41) is 12.2. The number of nitrogens with one attached hydrogen (secondary N) is 2. The van der Waals surface area contributed by atoms with E-state index in [-0.39, 0.29) is 23.0 Å². The first-order valence-electron chi connectivity index (χ1n) is 11.5. The molecule has 0 fully saturated rings. The van der Waals surface area contributed by atoms with E-state index in [1.807, 2.05) is 0 Å². The van der Waals surface area contributed by atoms with E-state index >= 15 is 0 Å². The number of sulfonamides is 1. The van der Waals surface area contributed by atoms with Gasteiger partial charge in [-0.3, -0.25) is 9.52 Å². The van der Waals surface area contributed by atoms with E-state index in [1.54, 1.807) is 48.5 Å². The van der Waals surface area contributed by atoms with Crippen LogP contribution in [0.5, 0.6) is 11.5 Å². The number of carbonyl (C=O) groups is 1. The number of aliphatic hydroxyl groups excluding tert-OH is 1. The van der Waals surface area contributed by atoms with Gasteiger partial charge in [0.25, 0.3) is 10.0 Å². The van der Waals surface area contributed by atoms with Gasteiger partial charge in [-0.1, -0.05) is 24.3 Å². The van der Waals surface area contributed by atoms with Crippen molar-refractivity contribution in [2.24, 2.45) is 5.73 Å². The Morgan fingerprint density at radius 2 is 1.58 bits per heavy atom. The maximum absolute atomic E-state index is 13.4. The second-order valence-electron chi connectivity index (χ2n) is 8.32. The molecule has 0 aliphatic heterocycles. The minimum Gasteiger partial charge on any atom is -0.497 e. The number of Topliss-reactive ketones (excluding diaryl/α,β-unsaturated/α-hetero) is 1. The molecule has 198 valence electrons. The second-order valence-corrected chi connectivity index (χ2v) is 10.0. The van der Waals surface area contributed by atoms with Gasteiger partial charge in [-0.05, 0) is 29.8 Å². The number of rotatable bonds is 11. The van der Waals surface area contributed by atoms with Gasteiger partial charge < -0.3 is 25.6 Å². The molecule has 0 unspecified atom stereocenters. The fraction of sp³-hybridized carbons (Fsp3) is 0.192. The molecule has 1 aromatic heterocycles. The highest BCUT2D eigenvalue weighted by Crippen LogP contribution is 2.31. The Balaban J connectivity index is 1.71. The lowest BCUT2D eigenvalue weighted by atomic mass is 10.1. The van der Waals surface area contributed by atoms with E-state index in [0.29, 0.717) is 33.8 Å². The zero-order valence-corrected chi connectivity index (χ0v) is 21.5. The minimum absolute atomic E-state index is 0.0331. The van der Waals surface area contributed by atoms with Gasteiger partial charge in [0.05, 0.1) is 42.8 Å². The van der Waals surface area contributed by atoms with Gasteiger partial charge in [0, 0.05) is 30.3 Å². The summed E-state index contributed by atoms with van der Waals surface area (Å²) in [5.74, 6) is 0.762. The van der Waals surface area contributed by atoms with Crippen molar-refractivity contribution in [3.63, 3.8) is 0 Å². The minimum atomic E-state index is -4.14. The molecule has 0 aliphatic carbocycles. The van der Waals surface area contributed by atoms with Crippen LogP contribution in [0.1, 0.15) is 5.56 Å². The lowest BCUT2D eigenvalue weighted by Crippen LogP contribution is -2.35. The number of anilines is 3. The number of aliphatic hydroxyl groups is 1. The van der Waals surface area contributed by atoms with Crippen molar-refractivity contribution in [3.05, 3.63) is 72.3 Å². The molecular formula is C26H27N5O6S. The van der Waals surface area contributed by atoms with Crippen LogP contribution in [0.4, 0.5) is 17.3 Å². The average molecular weight is 538 g/mol. The Labute approximate surface area is 219 Å². The molecule has 0 radical (unpaired) electrons. The molecule has 1 atom stereocenters. The second kappa shape index (κ2) is 11.4. The summed E-state index contributed by atoms with van der Waals surface area (Å²) in [7, 11) is -1.10. The highest BCUT2D eigenvalue weighted by Gasteiger charge is 2.21. The topological polar surface area (TPSA) is 166 Å². The number of hydrogen-bond donors (Lipinski definition) is 4. The highest BCUT2D eigenvalue weighted by molar-refractivity contribution is 7.92. The predicted molar refractivity (Wildman–Crippen MR) is 143 cm³/mol. The molecule has 5 N–H and O–H groups in total. The van der Waals surface area contributed by atoms with Crippen molar-refractivity contribution in [1.29, 1.82) is 0 Å². The summed E-state index contributed by atoms with van der Waals surface area (Å²) in [4.78, 5) is 21.1. The first-order chi connectivity index (χ1) is 18.2. The lowest BCUT2D eigenvalue weighted by molar-refractivity contribution is -0.120. The van der Waals surface area contributed by atoms with Gasteiger partial charge in [-0.2, -0.15) is 0 Å². The first kappa shape index (κ1) is 26.8. The summed E-state index contributed by atoms with van der Waals surface area (Å²) >= 11 is 0. The Kier molecular flexibility index (Phi) is 8.05. The van der Waals surface area contributed by atoms with Crippen LogP contribution in [0.2, 0.25) is 0 Å². The zero-order valence-electron chi connectivity index (χ0n) is 20.7. The number of para-hydroxylation sites is 2. The summed E-state index contributed by atoms with van der Waals surface area (Å²) in [6, 6.07) is 17.0. The molecule has 0 amide bonds. The molecule has 0 aliphatic rings. The number of carbonyl (C=O) groups excluding carboxylic acids is 1. The summed E-state index contributed by atoms with van der Waals surface area (Å²) < 4.78 is 39.9. The van der Waals surface area contributed by atoms with E-state index in [9.17, 15) is 13.2 Å². The smallest absolute Gasteiger partial charge is 0.263 e. The number of methoxy groups -OCH3 is 2. The van der Waals surface area contributed by atoms with Gasteiger partial charge in [-0.15, -0.1) is 0 Å². The quantitative estimate of drug-likeness (QED) is 0.223. The van der Waals surface area contributed by atoms with Gasteiger partial charge in [0.15, 0.2) is 17.4 Å². The predicted octanol–water partition coefficient (Wildman–Crippen LogP) is 2.62. The molecule has 0 bridgehead atoms. The number of nitrogens with zero attached hydrogens (tertiary/aromatic N) is 2. The average Bonchev–Trinajstić information content (AvgIpc) is 2.92. The van der Waals surface area contributed by atoms with Gasteiger partial charge in [0.1, 0.15) is 11.5 Å². The summed E-state index contributed by atoms with van der Waals surface area (Å²) in [5.41, 5.74) is 7.59. The van der Waals surface area contributed by atoms with Crippen molar-refractivity contribution >= 4 is 44.2 Å². The van der Waals surface area contributed by atoms with Crippen LogP contribution in [-0.2, 0) is 21.2 Å². The third kappa shape index (κ3) is 6.17. The molecule has 1 heterocycles. The van der Waals surface area contributed by atoms with Crippen LogP contribution in [-0.4, -0.2) is 56.1 Å². The maximum Gasteiger partial charge on any atom is 0.263 e. The van der Waals surface area contributed by atoms with E-state index in [0.717, 1.165) is 0 Å². The highest BCUT2D eigenvalue weighted by atomic mass is 32.2. The number of fused-ring (bicyclic) bond motifs is 1. The standard InChI is InChI=1S/C26H27N5O6S/c1-36-18-12-17(13-19(14-18)37-2)28-25-26(30-23-9-4-3-8-22(23)29-25)31-38(34,35)20-7-5-6-16(10-20)11-24(33)21(27)15-32/h3-10,12-14,21,32H,11,15,27H2,1-2H3,(H,28,29)(H,30,31)/t21-/m1/s1. The van der Waals surface area contributed by atoms with Crippen LogP contribution < -0.4 is 25.2 Å². The molecule has 0 spiro atoms. The fourth-order valence-corrected chi connectivity index (χ4v) is 4.70. The largest absolute Gasteiger partial charge is 0.497 e. The number of ether oxygens (including phenoxy) is 2. The SMILES string of the molecule is COc1cc(Nc2nc3ccccc3nc2NS(=O)(=O)c2cccc(CC(=O)[C@H](N)CO)c2)cc(OC)c1. The molecular weight excluding hydrogens is 510 g/mol. The maximum atomic E-state index is 13.4. The van der Waals surface area contributed by atoms with Crippen LogP contribution in [0.15, 0.2) is 71.6 Å². The molecule has 3 aromatic carbocycles. The van der Waals surface area contributed by atoms with Gasteiger partial charge in [0.2, 0.25) is 0 Å². The first-order valence-corrected chi connectivity index (χ1v) is 13.0. The molecule has 4 rings (SSSR count).